The third-order valence-corrected chi connectivity index (χ3v) is 5.12. The zero-order valence-corrected chi connectivity index (χ0v) is 19.8. The van der Waals surface area contributed by atoms with Crippen LogP contribution in [0.5, 0.6) is 0 Å². The zero-order valence-electron chi connectivity index (χ0n) is 19.8. The highest BCUT2D eigenvalue weighted by atomic mass is 16.5. The molecule has 0 aliphatic heterocycles. The number of benzene rings is 3. The molecule has 0 spiro atoms. The summed E-state index contributed by atoms with van der Waals surface area (Å²) in [5, 5.41) is 0. The molecule has 34 heavy (non-hydrogen) atoms. The van der Waals surface area contributed by atoms with E-state index in [2.05, 4.69) is 49.2 Å². The van der Waals surface area contributed by atoms with Crippen LogP contribution >= 0.6 is 0 Å². The lowest BCUT2D eigenvalue weighted by molar-refractivity contribution is -0.141. The molecule has 3 rings (SSSR count). The molecule has 0 saturated heterocycles. The lowest BCUT2D eigenvalue weighted by Gasteiger charge is -2.26. The minimum atomic E-state index is -0.403. The van der Waals surface area contributed by atoms with Crippen LogP contribution in [0.1, 0.15) is 30.5 Å². The standard InChI is InChI=1S/C29H29NO4/c1-20(2)28(31)33-18-23-8-14-26(15-9-23)30(25-12-6-22(5)7-13-25)27-16-10-24(11-17-27)19-34-29(32)21(3)4/h6-17H,1,3,18-19H2,2,4-5H3. The Balaban J connectivity index is 1.84. The number of nitrogens with zero attached hydrogens (tertiary/aromatic N) is 1. The van der Waals surface area contributed by atoms with Gasteiger partial charge in [0.2, 0.25) is 0 Å². The van der Waals surface area contributed by atoms with Gasteiger partial charge in [0.15, 0.2) is 0 Å². The molecule has 0 aromatic heterocycles. The van der Waals surface area contributed by atoms with Crippen LogP contribution in [0.15, 0.2) is 97.1 Å². The summed E-state index contributed by atoms with van der Waals surface area (Å²) < 4.78 is 10.5. The highest BCUT2D eigenvalue weighted by molar-refractivity contribution is 5.87. The van der Waals surface area contributed by atoms with Crippen LogP contribution in [0.25, 0.3) is 0 Å². The van der Waals surface area contributed by atoms with Gasteiger partial charge in [0.1, 0.15) is 13.2 Å². The fourth-order valence-corrected chi connectivity index (χ4v) is 3.17. The van der Waals surface area contributed by atoms with Gasteiger partial charge in [0.25, 0.3) is 0 Å². The molecule has 5 heteroatoms. The Morgan fingerprint density at radius 3 is 1.29 bits per heavy atom. The van der Waals surface area contributed by atoms with Crippen LogP contribution in [-0.2, 0) is 32.3 Å². The number of hydrogen-bond acceptors (Lipinski definition) is 5. The van der Waals surface area contributed by atoms with Crippen LogP contribution in [0.3, 0.4) is 0 Å². The number of carbonyl (C=O) groups excluding carboxylic acids is 2. The van der Waals surface area contributed by atoms with E-state index < -0.39 is 11.9 Å². The van der Waals surface area contributed by atoms with E-state index in [1.54, 1.807) is 13.8 Å². The lowest BCUT2D eigenvalue weighted by atomic mass is 10.1. The van der Waals surface area contributed by atoms with E-state index >= 15 is 0 Å². The van der Waals surface area contributed by atoms with Crippen molar-refractivity contribution in [2.75, 3.05) is 4.90 Å². The first kappa shape index (κ1) is 24.5. The summed E-state index contributed by atoms with van der Waals surface area (Å²) in [4.78, 5) is 25.5. The molecule has 0 unspecified atom stereocenters. The van der Waals surface area contributed by atoms with E-state index in [9.17, 15) is 9.59 Å². The van der Waals surface area contributed by atoms with Crippen molar-refractivity contribution in [3.05, 3.63) is 114 Å². The van der Waals surface area contributed by atoms with Crippen molar-refractivity contribution in [3.8, 4) is 0 Å². The highest BCUT2D eigenvalue weighted by Crippen LogP contribution is 2.35. The van der Waals surface area contributed by atoms with Crippen LogP contribution in [0.2, 0.25) is 0 Å². The average molecular weight is 456 g/mol. The van der Waals surface area contributed by atoms with Gasteiger partial charge >= 0.3 is 11.9 Å². The van der Waals surface area contributed by atoms with Crippen molar-refractivity contribution in [1.29, 1.82) is 0 Å². The molecule has 0 amide bonds. The van der Waals surface area contributed by atoms with E-state index in [0.717, 1.165) is 28.2 Å². The second kappa shape index (κ2) is 11.1. The van der Waals surface area contributed by atoms with Gasteiger partial charge in [-0.3, -0.25) is 0 Å². The summed E-state index contributed by atoms with van der Waals surface area (Å²) in [6, 6.07) is 24.0. The molecular weight excluding hydrogens is 426 g/mol. The maximum absolute atomic E-state index is 11.7. The molecule has 5 nitrogen and oxygen atoms in total. The zero-order chi connectivity index (χ0) is 24.7. The Kier molecular flexibility index (Phi) is 8.04. The van der Waals surface area contributed by atoms with Crippen LogP contribution in [-0.4, -0.2) is 11.9 Å². The van der Waals surface area contributed by atoms with Gasteiger partial charge in [-0.15, -0.1) is 0 Å². The number of rotatable bonds is 9. The summed E-state index contributed by atoms with van der Waals surface area (Å²) in [7, 11) is 0. The number of hydrogen-bond donors (Lipinski definition) is 0. The maximum Gasteiger partial charge on any atom is 0.333 e. The van der Waals surface area contributed by atoms with E-state index in [1.165, 1.54) is 5.56 Å². The Bertz CT molecular complexity index is 1100. The fourth-order valence-electron chi connectivity index (χ4n) is 3.17. The molecule has 0 saturated carbocycles. The lowest BCUT2D eigenvalue weighted by Crippen LogP contribution is -2.10. The van der Waals surface area contributed by atoms with Gasteiger partial charge in [0.05, 0.1) is 0 Å². The van der Waals surface area contributed by atoms with E-state index in [0.29, 0.717) is 11.1 Å². The molecular formula is C29H29NO4. The third kappa shape index (κ3) is 6.45. The molecule has 0 N–H and O–H groups in total. The molecule has 0 aliphatic carbocycles. The first-order chi connectivity index (χ1) is 16.2. The minimum absolute atomic E-state index is 0.189. The molecule has 0 heterocycles. The van der Waals surface area contributed by atoms with Crippen molar-refractivity contribution in [2.45, 2.75) is 34.0 Å². The van der Waals surface area contributed by atoms with Crippen LogP contribution in [0.4, 0.5) is 17.1 Å². The largest absolute Gasteiger partial charge is 0.457 e. The minimum Gasteiger partial charge on any atom is -0.457 e. The fraction of sp³-hybridized carbons (Fsp3) is 0.172. The predicted octanol–water partition coefficient (Wildman–Crippen LogP) is 6.70. The van der Waals surface area contributed by atoms with Gasteiger partial charge in [-0.1, -0.05) is 55.1 Å². The second-order valence-electron chi connectivity index (χ2n) is 8.22. The SMILES string of the molecule is C=C(C)C(=O)OCc1ccc(N(c2ccc(C)cc2)c2ccc(COC(=O)C(=C)C)cc2)cc1. The highest BCUT2D eigenvalue weighted by Gasteiger charge is 2.13. The summed E-state index contributed by atoms with van der Waals surface area (Å²) in [5.74, 6) is -0.807. The predicted molar refractivity (Wildman–Crippen MR) is 135 cm³/mol. The third-order valence-electron chi connectivity index (χ3n) is 5.12. The topological polar surface area (TPSA) is 55.8 Å². The molecule has 0 aliphatic rings. The van der Waals surface area contributed by atoms with Crippen molar-refractivity contribution in [1.82, 2.24) is 0 Å². The molecule has 0 bridgehead atoms. The van der Waals surface area contributed by atoms with Crippen molar-refractivity contribution < 1.29 is 19.1 Å². The maximum atomic E-state index is 11.7. The average Bonchev–Trinajstić information content (AvgIpc) is 2.83. The number of ether oxygens (including phenoxy) is 2. The molecule has 0 radical (unpaired) electrons. The smallest absolute Gasteiger partial charge is 0.333 e. The number of carbonyl (C=O) groups is 2. The summed E-state index contributed by atoms with van der Waals surface area (Å²) in [6.07, 6.45) is 0. The molecule has 3 aromatic rings. The monoisotopic (exact) mass is 455 g/mol. The van der Waals surface area contributed by atoms with E-state index in [1.807, 2.05) is 48.5 Å². The summed E-state index contributed by atoms with van der Waals surface area (Å²) >= 11 is 0. The number of esters is 2. The van der Waals surface area contributed by atoms with Gasteiger partial charge in [-0.25, -0.2) is 9.59 Å². The number of aryl methyl sites for hydroxylation is 1. The van der Waals surface area contributed by atoms with Gasteiger partial charge in [-0.2, -0.15) is 0 Å². The van der Waals surface area contributed by atoms with Gasteiger partial charge in [0, 0.05) is 28.2 Å². The van der Waals surface area contributed by atoms with Gasteiger partial charge in [-0.05, 0) is 68.3 Å². The molecule has 174 valence electrons. The van der Waals surface area contributed by atoms with Crippen molar-refractivity contribution >= 4 is 29.0 Å². The quantitative estimate of drug-likeness (QED) is 0.265. The van der Waals surface area contributed by atoms with Gasteiger partial charge < -0.3 is 14.4 Å². The normalized spacial score (nSPS) is 10.3. The van der Waals surface area contributed by atoms with Crippen molar-refractivity contribution in [3.63, 3.8) is 0 Å². The summed E-state index contributed by atoms with van der Waals surface area (Å²) in [6.45, 7) is 12.9. The second-order valence-corrected chi connectivity index (χ2v) is 8.22. The van der Waals surface area contributed by atoms with E-state index in [-0.39, 0.29) is 13.2 Å². The Labute approximate surface area is 200 Å². The van der Waals surface area contributed by atoms with Crippen LogP contribution < -0.4 is 4.90 Å². The Hall–Kier alpha value is -4.12. The molecule has 0 fully saturated rings. The Morgan fingerprint density at radius 1 is 0.647 bits per heavy atom. The van der Waals surface area contributed by atoms with Crippen molar-refractivity contribution in [2.24, 2.45) is 0 Å². The molecule has 3 aromatic carbocycles. The first-order valence-corrected chi connectivity index (χ1v) is 10.9. The first-order valence-electron chi connectivity index (χ1n) is 10.9. The Morgan fingerprint density at radius 2 is 0.971 bits per heavy atom. The molecule has 0 atom stereocenters. The number of anilines is 3. The van der Waals surface area contributed by atoms with E-state index in [4.69, 9.17) is 9.47 Å². The summed E-state index contributed by atoms with van der Waals surface area (Å²) in [5.41, 5.74) is 6.62. The van der Waals surface area contributed by atoms with Crippen LogP contribution in [0, 0.1) is 6.92 Å².